The lowest BCUT2D eigenvalue weighted by atomic mass is 10.00. The average Bonchev–Trinajstić information content (AvgIpc) is 3.21. The molecule has 0 aliphatic heterocycles. The first kappa shape index (κ1) is 23.6. The van der Waals surface area contributed by atoms with Crippen molar-refractivity contribution >= 4 is 34.0 Å². The predicted octanol–water partition coefficient (Wildman–Crippen LogP) is 5.32. The van der Waals surface area contributed by atoms with Crippen LogP contribution in [-0.4, -0.2) is 20.5 Å². The van der Waals surface area contributed by atoms with Gasteiger partial charge in [0.2, 0.25) is 0 Å². The number of carbonyl (C=O) groups is 1. The Hall–Kier alpha value is -4.17. The van der Waals surface area contributed by atoms with E-state index in [-0.39, 0.29) is 22.0 Å². The average molecular weight is 503 g/mol. The Labute approximate surface area is 211 Å². The minimum atomic E-state index is -0.760. The number of carbonyl (C=O) groups excluding carboxylic acids is 1. The highest BCUT2D eigenvalue weighted by atomic mass is 35.5. The molecule has 0 saturated heterocycles. The van der Waals surface area contributed by atoms with E-state index in [1.807, 2.05) is 44.3 Å². The smallest absolute Gasteiger partial charge is 0.271 e. The molecule has 9 heteroatoms. The molecule has 36 heavy (non-hydrogen) atoms. The summed E-state index contributed by atoms with van der Waals surface area (Å²) in [5.41, 5.74) is 10.2. The highest BCUT2D eigenvalue weighted by Gasteiger charge is 2.22. The molecule has 5 aromatic rings. The number of aryl methyl sites for hydroxylation is 2. The molecule has 0 unspecified atom stereocenters. The van der Waals surface area contributed by atoms with E-state index in [9.17, 15) is 9.59 Å². The Kier molecular flexibility index (Phi) is 5.76. The third-order valence-electron chi connectivity index (χ3n) is 6.04. The summed E-state index contributed by atoms with van der Waals surface area (Å²) in [7, 11) is 0. The molecule has 0 spiro atoms. The van der Waals surface area contributed by atoms with E-state index in [1.165, 1.54) is 6.07 Å². The molecule has 0 aliphatic carbocycles. The van der Waals surface area contributed by atoms with E-state index in [0.29, 0.717) is 27.9 Å². The van der Waals surface area contributed by atoms with Crippen molar-refractivity contribution in [1.29, 1.82) is 0 Å². The topological polar surface area (TPSA) is 113 Å². The highest BCUT2D eigenvalue weighted by Crippen LogP contribution is 2.34. The van der Waals surface area contributed by atoms with Crippen LogP contribution in [0, 0.1) is 20.8 Å². The second-order valence-electron chi connectivity index (χ2n) is 8.79. The number of nitrogens with zero attached hydrogens (tertiary/aromatic N) is 3. The number of hydrogen-bond donors (Lipinski definition) is 1. The molecule has 0 bridgehead atoms. The summed E-state index contributed by atoms with van der Waals surface area (Å²) < 4.78 is 14.3. The van der Waals surface area contributed by atoms with Gasteiger partial charge in [-0.3, -0.25) is 9.59 Å². The lowest BCUT2D eigenvalue weighted by Crippen LogP contribution is -2.17. The summed E-state index contributed by atoms with van der Waals surface area (Å²) in [5.74, 6) is -0.105. The summed E-state index contributed by atoms with van der Waals surface area (Å²) in [4.78, 5) is 29.3. The van der Waals surface area contributed by atoms with Crippen LogP contribution in [0.4, 0.5) is 0 Å². The van der Waals surface area contributed by atoms with Crippen LogP contribution < -0.4 is 15.9 Å². The summed E-state index contributed by atoms with van der Waals surface area (Å²) >= 11 is 5.93. The Morgan fingerprint density at radius 2 is 1.92 bits per heavy atom. The molecular formula is C27H23ClN4O4. The first-order chi connectivity index (χ1) is 17.1. The number of primary amides is 1. The van der Waals surface area contributed by atoms with E-state index in [0.717, 1.165) is 22.3 Å². The molecule has 4 heterocycles. The zero-order chi connectivity index (χ0) is 25.7. The van der Waals surface area contributed by atoms with E-state index in [1.54, 1.807) is 30.5 Å². The number of ether oxygens (including phenoxy) is 1. The van der Waals surface area contributed by atoms with Crippen LogP contribution in [0.5, 0.6) is 5.75 Å². The second-order valence-corrected chi connectivity index (χ2v) is 9.18. The number of fused-ring (bicyclic) bond motifs is 2. The van der Waals surface area contributed by atoms with Gasteiger partial charge in [-0.05, 0) is 75.7 Å². The largest absolute Gasteiger partial charge is 0.483 e. The molecule has 1 aromatic carbocycles. The molecule has 182 valence electrons. The Morgan fingerprint density at radius 3 is 2.67 bits per heavy atom. The van der Waals surface area contributed by atoms with Gasteiger partial charge < -0.3 is 14.9 Å². The zero-order valence-electron chi connectivity index (χ0n) is 20.1. The quantitative estimate of drug-likeness (QED) is 0.325. The summed E-state index contributed by atoms with van der Waals surface area (Å²) in [5, 5.41) is 4.99. The highest BCUT2D eigenvalue weighted by molar-refractivity contribution is 6.29. The van der Waals surface area contributed by atoms with Crippen molar-refractivity contribution in [2.75, 3.05) is 0 Å². The van der Waals surface area contributed by atoms with Gasteiger partial charge in [-0.1, -0.05) is 11.6 Å². The van der Waals surface area contributed by atoms with Gasteiger partial charge in [-0.2, -0.15) is 5.10 Å². The molecule has 0 aliphatic rings. The molecule has 1 atom stereocenters. The van der Waals surface area contributed by atoms with Gasteiger partial charge in [0, 0.05) is 22.9 Å². The minimum Gasteiger partial charge on any atom is -0.483 e. The monoisotopic (exact) mass is 502 g/mol. The standard InChI is InChI=1S/C27H23ClN4O4/c1-13-9-19(16(4)35-21-5-6-22(28)30-23(21)27(29)34)26-20(10-13)24(33)15(3)25(36-26)17-7-8-32-18(12-17)11-14(2)31-32/h5-12,16H,1-4H3,(H2,29,34)/t16-/m1/s1. The predicted molar refractivity (Wildman–Crippen MR) is 138 cm³/mol. The zero-order valence-corrected chi connectivity index (χ0v) is 20.9. The number of nitrogens with two attached hydrogens (primary N) is 1. The number of aromatic nitrogens is 3. The maximum absolute atomic E-state index is 13.5. The van der Waals surface area contributed by atoms with Crippen molar-refractivity contribution < 1.29 is 13.9 Å². The summed E-state index contributed by atoms with van der Waals surface area (Å²) in [6.45, 7) is 7.37. The van der Waals surface area contributed by atoms with E-state index in [4.69, 9.17) is 26.5 Å². The molecule has 0 fully saturated rings. The van der Waals surface area contributed by atoms with E-state index in [2.05, 4.69) is 10.1 Å². The molecule has 0 radical (unpaired) electrons. The fourth-order valence-electron chi connectivity index (χ4n) is 4.36. The van der Waals surface area contributed by atoms with Gasteiger partial charge in [0.05, 0.1) is 16.6 Å². The second kappa shape index (κ2) is 8.80. The van der Waals surface area contributed by atoms with Crippen LogP contribution >= 0.6 is 11.6 Å². The molecule has 1 amide bonds. The fraction of sp³-hybridized carbons (Fsp3) is 0.185. The molecule has 0 saturated carbocycles. The van der Waals surface area contributed by atoms with Crippen LogP contribution in [0.3, 0.4) is 0 Å². The van der Waals surface area contributed by atoms with Crippen LogP contribution in [0.1, 0.15) is 45.9 Å². The first-order valence-corrected chi connectivity index (χ1v) is 11.7. The number of benzene rings is 1. The molecule has 8 nitrogen and oxygen atoms in total. The van der Waals surface area contributed by atoms with Crippen molar-refractivity contribution in [3.05, 3.63) is 92.1 Å². The molecule has 5 rings (SSSR count). The van der Waals surface area contributed by atoms with Gasteiger partial charge in [0.25, 0.3) is 5.91 Å². The number of rotatable bonds is 5. The van der Waals surface area contributed by atoms with Crippen molar-refractivity contribution in [2.24, 2.45) is 5.73 Å². The number of pyridine rings is 2. The SMILES string of the molecule is Cc1cc([C@@H](C)Oc2ccc(Cl)nc2C(N)=O)c2oc(-c3ccn4nc(C)cc4c3)c(C)c(=O)c2c1. The molecular weight excluding hydrogens is 480 g/mol. The summed E-state index contributed by atoms with van der Waals surface area (Å²) in [6.07, 6.45) is 1.23. The normalized spacial score (nSPS) is 12.2. The van der Waals surface area contributed by atoms with Crippen molar-refractivity contribution in [1.82, 2.24) is 14.6 Å². The first-order valence-electron chi connectivity index (χ1n) is 11.3. The fourth-order valence-corrected chi connectivity index (χ4v) is 4.50. The van der Waals surface area contributed by atoms with Gasteiger partial charge in [-0.15, -0.1) is 0 Å². The Morgan fingerprint density at radius 1 is 1.14 bits per heavy atom. The third kappa shape index (κ3) is 4.09. The van der Waals surface area contributed by atoms with Gasteiger partial charge in [0.1, 0.15) is 22.6 Å². The third-order valence-corrected chi connectivity index (χ3v) is 6.25. The van der Waals surface area contributed by atoms with E-state index >= 15 is 0 Å². The molecule has 2 N–H and O–H groups in total. The maximum Gasteiger partial charge on any atom is 0.271 e. The number of halogens is 1. The van der Waals surface area contributed by atoms with E-state index < -0.39 is 12.0 Å². The van der Waals surface area contributed by atoms with Gasteiger partial charge in [0.15, 0.2) is 16.9 Å². The Balaban J connectivity index is 1.67. The minimum absolute atomic E-state index is 0.0753. The number of amides is 1. The van der Waals surface area contributed by atoms with Crippen LogP contribution in [-0.2, 0) is 0 Å². The van der Waals surface area contributed by atoms with Gasteiger partial charge >= 0.3 is 0 Å². The maximum atomic E-state index is 13.5. The number of hydrogen-bond acceptors (Lipinski definition) is 6. The lowest BCUT2D eigenvalue weighted by Gasteiger charge is -2.19. The van der Waals surface area contributed by atoms with Gasteiger partial charge in [-0.25, -0.2) is 9.50 Å². The summed E-state index contributed by atoms with van der Waals surface area (Å²) in [6, 6.07) is 12.5. The van der Waals surface area contributed by atoms with Crippen LogP contribution in [0.25, 0.3) is 27.8 Å². The van der Waals surface area contributed by atoms with Crippen molar-refractivity contribution in [3.8, 4) is 17.1 Å². The van der Waals surface area contributed by atoms with Crippen LogP contribution in [0.2, 0.25) is 5.15 Å². The molecule has 4 aromatic heterocycles. The van der Waals surface area contributed by atoms with Crippen LogP contribution in [0.15, 0.2) is 57.9 Å². The van der Waals surface area contributed by atoms with Crippen molar-refractivity contribution in [2.45, 2.75) is 33.8 Å². The van der Waals surface area contributed by atoms with Crippen molar-refractivity contribution in [3.63, 3.8) is 0 Å². The Bertz CT molecular complexity index is 1740. The lowest BCUT2D eigenvalue weighted by molar-refractivity contribution is 0.0988.